The molecular weight excluding hydrogens is 258 g/mol. The number of likely N-dealkylation sites (N-methyl/N-ethyl adjacent to an activating group) is 1. The quantitative estimate of drug-likeness (QED) is 0.713. The van der Waals surface area contributed by atoms with E-state index in [2.05, 4.69) is 66.0 Å². The highest BCUT2D eigenvalue weighted by Crippen LogP contribution is 2.21. The lowest BCUT2D eigenvalue weighted by Crippen LogP contribution is -2.26. The minimum Gasteiger partial charge on any atom is -0.346 e. The van der Waals surface area contributed by atoms with Gasteiger partial charge in [-0.25, -0.2) is 0 Å². The molecule has 0 aliphatic heterocycles. The van der Waals surface area contributed by atoms with Crippen LogP contribution in [0.15, 0.2) is 30.5 Å². The molecule has 1 aromatic carbocycles. The lowest BCUT2D eigenvalue weighted by molar-refractivity contribution is 0.292. The Balaban J connectivity index is 2.15. The van der Waals surface area contributed by atoms with Gasteiger partial charge < -0.3 is 14.8 Å². The Morgan fingerprint density at radius 3 is 2.57 bits per heavy atom. The highest BCUT2D eigenvalue weighted by atomic mass is 15.1. The van der Waals surface area contributed by atoms with Crippen LogP contribution in [-0.2, 0) is 13.1 Å². The van der Waals surface area contributed by atoms with E-state index in [9.17, 15) is 0 Å². The van der Waals surface area contributed by atoms with Gasteiger partial charge in [0.05, 0.1) is 0 Å². The number of para-hydroxylation sites is 1. The standard InChI is InChI=1S/C18H29N3/c1-4-11-19-14-16-15-21(13-12-20(5-2)6-3)18-10-8-7-9-17(16)18/h7-10,15,19H,4-6,11-14H2,1-3H3. The summed E-state index contributed by atoms with van der Waals surface area (Å²) in [6, 6.07) is 8.76. The number of hydrogen-bond acceptors (Lipinski definition) is 2. The van der Waals surface area contributed by atoms with E-state index >= 15 is 0 Å². The van der Waals surface area contributed by atoms with E-state index in [1.165, 1.54) is 22.9 Å². The van der Waals surface area contributed by atoms with Crippen molar-refractivity contribution in [2.75, 3.05) is 26.2 Å². The van der Waals surface area contributed by atoms with Gasteiger partial charge in [-0.05, 0) is 37.7 Å². The van der Waals surface area contributed by atoms with E-state index in [0.717, 1.165) is 39.3 Å². The van der Waals surface area contributed by atoms with E-state index in [0.29, 0.717) is 0 Å². The van der Waals surface area contributed by atoms with Crippen LogP contribution in [0.4, 0.5) is 0 Å². The summed E-state index contributed by atoms with van der Waals surface area (Å²) in [6.45, 7) is 13.2. The third kappa shape index (κ3) is 4.08. The van der Waals surface area contributed by atoms with Crippen molar-refractivity contribution in [1.82, 2.24) is 14.8 Å². The molecule has 0 radical (unpaired) electrons. The number of rotatable bonds is 9. The summed E-state index contributed by atoms with van der Waals surface area (Å²) < 4.78 is 2.41. The molecule has 0 atom stereocenters. The molecule has 0 fully saturated rings. The molecule has 0 aliphatic carbocycles. The Kier molecular flexibility index (Phi) is 6.27. The molecule has 1 N–H and O–H groups in total. The van der Waals surface area contributed by atoms with Gasteiger partial charge in [0.25, 0.3) is 0 Å². The lowest BCUT2D eigenvalue weighted by Gasteiger charge is -2.18. The normalized spacial score (nSPS) is 11.6. The van der Waals surface area contributed by atoms with Crippen LogP contribution in [-0.4, -0.2) is 35.6 Å². The summed E-state index contributed by atoms with van der Waals surface area (Å²) in [5, 5.41) is 4.91. The Morgan fingerprint density at radius 2 is 1.86 bits per heavy atom. The molecule has 21 heavy (non-hydrogen) atoms. The number of benzene rings is 1. The topological polar surface area (TPSA) is 20.2 Å². The minimum absolute atomic E-state index is 0.965. The Labute approximate surface area is 128 Å². The summed E-state index contributed by atoms with van der Waals surface area (Å²) in [7, 11) is 0. The number of nitrogens with zero attached hydrogens (tertiary/aromatic N) is 2. The van der Waals surface area contributed by atoms with Gasteiger partial charge in [0.2, 0.25) is 0 Å². The fourth-order valence-corrected chi connectivity index (χ4v) is 2.84. The molecule has 2 aromatic rings. The fraction of sp³-hybridized carbons (Fsp3) is 0.556. The van der Waals surface area contributed by atoms with Crippen molar-refractivity contribution in [2.45, 2.75) is 40.3 Å². The minimum atomic E-state index is 0.965. The van der Waals surface area contributed by atoms with E-state index in [1.54, 1.807) is 0 Å². The van der Waals surface area contributed by atoms with Crippen LogP contribution < -0.4 is 5.32 Å². The second-order valence-corrected chi connectivity index (χ2v) is 5.57. The van der Waals surface area contributed by atoms with Crippen molar-refractivity contribution in [3.63, 3.8) is 0 Å². The molecule has 0 spiro atoms. The molecule has 0 saturated heterocycles. The first-order valence-corrected chi connectivity index (χ1v) is 8.29. The molecule has 3 heteroatoms. The van der Waals surface area contributed by atoms with Crippen LogP contribution in [0.2, 0.25) is 0 Å². The van der Waals surface area contributed by atoms with Gasteiger partial charge in [-0.2, -0.15) is 0 Å². The first kappa shape index (κ1) is 16.1. The van der Waals surface area contributed by atoms with Crippen LogP contribution in [0, 0.1) is 0 Å². The number of nitrogens with one attached hydrogen (secondary N) is 1. The highest BCUT2D eigenvalue weighted by Gasteiger charge is 2.08. The average molecular weight is 287 g/mol. The summed E-state index contributed by atoms with van der Waals surface area (Å²) in [5.74, 6) is 0. The first-order chi connectivity index (χ1) is 10.3. The van der Waals surface area contributed by atoms with Crippen molar-refractivity contribution < 1.29 is 0 Å². The largest absolute Gasteiger partial charge is 0.346 e. The molecule has 0 bridgehead atoms. The molecule has 0 saturated carbocycles. The maximum absolute atomic E-state index is 3.52. The van der Waals surface area contributed by atoms with Crippen molar-refractivity contribution in [3.8, 4) is 0 Å². The van der Waals surface area contributed by atoms with Crippen LogP contribution in [0.1, 0.15) is 32.8 Å². The van der Waals surface area contributed by atoms with Crippen LogP contribution in [0.25, 0.3) is 10.9 Å². The van der Waals surface area contributed by atoms with Crippen molar-refractivity contribution >= 4 is 10.9 Å². The molecule has 116 valence electrons. The van der Waals surface area contributed by atoms with E-state index in [4.69, 9.17) is 0 Å². The Morgan fingerprint density at radius 1 is 1.10 bits per heavy atom. The molecule has 0 amide bonds. The lowest BCUT2D eigenvalue weighted by atomic mass is 10.2. The van der Waals surface area contributed by atoms with Gasteiger partial charge in [-0.1, -0.05) is 39.0 Å². The van der Waals surface area contributed by atoms with Crippen LogP contribution in [0.5, 0.6) is 0 Å². The summed E-state index contributed by atoms with van der Waals surface area (Å²) in [5.41, 5.74) is 2.77. The third-order valence-electron chi connectivity index (χ3n) is 4.16. The molecule has 0 aliphatic rings. The fourth-order valence-electron chi connectivity index (χ4n) is 2.84. The summed E-state index contributed by atoms with van der Waals surface area (Å²) >= 11 is 0. The van der Waals surface area contributed by atoms with Gasteiger partial charge in [-0.3, -0.25) is 0 Å². The molecule has 1 heterocycles. The van der Waals surface area contributed by atoms with Gasteiger partial charge in [-0.15, -0.1) is 0 Å². The Hall–Kier alpha value is -1.32. The van der Waals surface area contributed by atoms with Gasteiger partial charge >= 0.3 is 0 Å². The first-order valence-electron chi connectivity index (χ1n) is 8.29. The van der Waals surface area contributed by atoms with E-state index < -0.39 is 0 Å². The average Bonchev–Trinajstić information content (AvgIpc) is 2.87. The van der Waals surface area contributed by atoms with Crippen molar-refractivity contribution in [3.05, 3.63) is 36.0 Å². The zero-order chi connectivity index (χ0) is 15.1. The molecular formula is C18H29N3. The van der Waals surface area contributed by atoms with E-state index in [1.807, 2.05) is 0 Å². The predicted octanol–water partition coefficient (Wildman–Crippen LogP) is 3.48. The van der Waals surface area contributed by atoms with Gasteiger partial charge in [0.15, 0.2) is 0 Å². The van der Waals surface area contributed by atoms with Gasteiger partial charge in [0, 0.05) is 36.7 Å². The zero-order valence-electron chi connectivity index (χ0n) is 13.7. The SMILES string of the molecule is CCCNCc1cn(CCN(CC)CC)c2ccccc12. The molecule has 1 aromatic heterocycles. The smallest absolute Gasteiger partial charge is 0.0484 e. The number of fused-ring (bicyclic) bond motifs is 1. The van der Waals surface area contributed by atoms with Crippen molar-refractivity contribution in [2.24, 2.45) is 0 Å². The zero-order valence-corrected chi connectivity index (χ0v) is 13.7. The summed E-state index contributed by atoms with van der Waals surface area (Å²) in [4.78, 5) is 2.48. The van der Waals surface area contributed by atoms with Crippen molar-refractivity contribution in [1.29, 1.82) is 0 Å². The molecule has 0 unspecified atom stereocenters. The monoisotopic (exact) mass is 287 g/mol. The third-order valence-corrected chi connectivity index (χ3v) is 4.16. The maximum Gasteiger partial charge on any atom is 0.0484 e. The second-order valence-electron chi connectivity index (χ2n) is 5.57. The highest BCUT2D eigenvalue weighted by molar-refractivity contribution is 5.83. The molecule has 3 nitrogen and oxygen atoms in total. The molecule has 2 rings (SSSR count). The maximum atomic E-state index is 3.52. The van der Waals surface area contributed by atoms with Crippen LogP contribution in [0.3, 0.4) is 0 Å². The van der Waals surface area contributed by atoms with E-state index in [-0.39, 0.29) is 0 Å². The number of hydrogen-bond donors (Lipinski definition) is 1. The predicted molar refractivity (Wildman–Crippen MR) is 91.7 cm³/mol. The summed E-state index contributed by atoms with van der Waals surface area (Å²) in [6.07, 6.45) is 3.51. The van der Waals surface area contributed by atoms with Crippen LogP contribution >= 0.6 is 0 Å². The number of aromatic nitrogens is 1. The Bertz CT molecular complexity index is 540. The van der Waals surface area contributed by atoms with Gasteiger partial charge in [0.1, 0.15) is 0 Å². The second kappa shape index (κ2) is 8.20.